The Morgan fingerprint density at radius 3 is 2.40 bits per heavy atom. The average molecular weight is 386 g/mol. The zero-order valence-electron chi connectivity index (χ0n) is 12.8. The van der Waals surface area contributed by atoms with Crippen molar-refractivity contribution in [3.63, 3.8) is 0 Å². The van der Waals surface area contributed by atoms with Crippen LogP contribution in [-0.4, -0.2) is 30.8 Å². The highest BCUT2D eigenvalue weighted by Gasteiger charge is 2.35. The van der Waals surface area contributed by atoms with Gasteiger partial charge >= 0.3 is 6.18 Å². The van der Waals surface area contributed by atoms with Crippen molar-refractivity contribution in [2.24, 2.45) is 0 Å². The molecule has 25 heavy (non-hydrogen) atoms. The van der Waals surface area contributed by atoms with E-state index in [9.17, 15) is 13.2 Å². The van der Waals surface area contributed by atoms with Gasteiger partial charge < -0.3 is 4.57 Å². The molecule has 3 rings (SSSR count). The molecule has 3 aromatic heterocycles. The van der Waals surface area contributed by atoms with Gasteiger partial charge in [-0.2, -0.15) is 13.2 Å². The second kappa shape index (κ2) is 7.01. The molecule has 0 saturated heterocycles. The van der Waals surface area contributed by atoms with Crippen LogP contribution in [0.4, 0.5) is 13.2 Å². The molecule has 3 heterocycles. The number of halogens is 4. The van der Waals surface area contributed by atoms with Gasteiger partial charge in [0.15, 0.2) is 5.69 Å². The second-order valence-corrected chi connectivity index (χ2v) is 6.25. The summed E-state index contributed by atoms with van der Waals surface area (Å²) in [5.74, 6) is 0.469. The first-order valence-electron chi connectivity index (χ1n) is 6.98. The lowest BCUT2D eigenvalue weighted by atomic mass is 10.2. The van der Waals surface area contributed by atoms with E-state index >= 15 is 0 Å². The Hall–Kier alpha value is -2.13. The Bertz CT molecular complexity index is 862. The maximum atomic E-state index is 13.1. The number of thioether (sulfide) groups is 1. The highest BCUT2D eigenvalue weighted by molar-refractivity contribution is 7.98. The van der Waals surface area contributed by atoms with Crippen LogP contribution in [0.5, 0.6) is 0 Å². The molecule has 0 aliphatic rings. The normalized spacial score (nSPS) is 11.7. The molecule has 0 spiro atoms. The summed E-state index contributed by atoms with van der Waals surface area (Å²) in [6, 6.07) is 3.41. The van der Waals surface area contributed by atoms with Crippen molar-refractivity contribution < 1.29 is 13.2 Å². The Balaban J connectivity index is 2.02. The maximum absolute atomic E-state index is 13.1. The third-order valence-electron chi connectivity index (χ3n) is 3.26. The molecule has 0 amide bonds. The number of aromatic nitrogens is 5. The van der Waals surface area contributed by atoms with E-state index in [2.05, 4.69) is 19.9 Å². The molecular weight excluding hydrogens is 375 g/mol. The fraction of sp³-hybridized carbons (Fsp3) is 0.200. The molecule has 130 valence electrons. The lowest BCUT2D eigenvalue weighted by molar-refractivity contribution is -0.140. The Morgan fingerprint density at radius 2 is 1.84 bits per heavy atom. The summed E-state index contributed by atoms with van der Waals surface area (Å²) < 4.78 is 40.5. The van der Waals surface area contributed by atoms with Crippen LogP contribution in [0.3, 0.4) is 0 Å². The van der Waals surface area contributed by atoms with Gasteiger partial charge in [-0.3, -0.25) is 0 Å². The van der Waals surface area contributed by atoms with Gasteiger partial charge in [-0.25, -0.2) is 19.9 Å². The molecule has 0 radical (unpaired) electrons. The van der Waals surface area contributed by atoms with Gasteiger partial charge in [-0.15, -0.1) is 11.8 Å². The Morgan fingerprint density at radius 1 is 1.12 bits per heavy atom. The smallest absolute Gasteiger partial charge is 0.323 e. The van der Waals surface area contributed by atoms with E-state index < -0.39 is 11.9 Å². The lowest BCUT2D eigenvalue weighted by Gasteiger charge is -2.07. The van der Waals surface area contributed by atoms with Crippen LogP contribution in [0.15, 0.2) is 41.9 Å². The summed E-state index contributed by atoms with van der Waals surface area (Å²) in [4.78, 5) is 15.9. The molecule has 0 N–H and O–H groups in total. The second-order valence-electron chi connectivity index (χ2n) is 4.98. The van der Waals surface area contributed by atoms with E-state index in [-0.39, 0.29) is 12.4 Å². The van der Waals surface area contributed by atoms with Gasteiger partial charge in [0.2, 0.25) is 0 Å². The van der Waals surface area contributed by atoms with Crippen molar-refractivity contribution in [1.29, 1.82) is 0 Å². The Kier molecular flexibility index (Phi) is 4.96. The number of rotatable bonds is 4. The van der Waals surface area contributed by atoms with Crippen LogP contribution in [0.25, 0.3) is 11.4 Å². The molecule has 0 fully saturated rings. The van der Waals surface area contributed by atoms with Gasteiger partial charge in [-0.05, 0) is 18.4 Å². The van der Waals surface area contributed by atoms with E-state index in [1.165, 1.54) is 34.9 Å². The van der Waals surface area contributed by atoms with Crippen molar-refractivity contribution in [2.75, 3.05) is 6.26 Å². The van der Waals surface area contributed by atoms with E-state index in [0.29, 0.717) is 16.4 Å². The number of nitrogens with zero attached hydrogens (tertiary/aromatic N) is 5. The van der Waals surface area contributed by atoms with E-state index in [1.807, 2.05) is 6.26 Å². The van der Waals surface area contributed by atoms with Crippen molar-refractivity contribution in [3.8, 4) is 11.4 Å². The van der Waals surface area contributed by atoms with E-state index in [0.717, 1.165) is 11.2 Å². The first-order valence-corrected chi connectivity index (χ1v) is 8.58. The van der Waals surface area contributed by atoms with E-state index in [4.69, 9.17) is 11.6 Å². The molecular formula is C15H11ClF3N5S. The molecule has 0 aromatic carbocycles. The fourth-order valence-electron chi connectivity index (χ4n) is 2.11. The van der Waals surface area contributed by atoms with Crippen molar-refractivity contribution in [2.45, 2.75) is 17.7 Å². The number of imidazole rings is 1. The molecule has 5 nitrogen and oxygen atoms in total. The molecule has 0 saturated carbocycles. The van der Waals surface area contributed by atoms with Crippen molar-refractivity contribution in [1.82, 2.24) is 24.5 Å². The largest absolute Gasteiger partial charge is 0.434 e. The van der Waals surface area contributed by atoms with Crippen LogP contribution in [0.2, 0.25) is 5.02 Å². The van der Waals surface area contributed by atoms with Crippen LogP contribution in [0, 0.1) is 0 Å². The molecule has 10 heteroatoms. The van der Waals surface area contributed by atoms with Crippen LogP contribution in [-0.2, 0) is 12.7 Å². The minimum absolute atomic E-state index is 0.0276. The highest BCUT2D eigenvalue weighted by atomic mass is 35.5. The first-order chi connectivity index (χ1) is 11.9. The SMILES string of the molecule is CSc1ccc(-c2nc(C(F)(F)F)cn2Cc2ncc(Cl)cn2)cn1. The number of pyridine rings is 1. The summed E-state index contributed by atoms with van der Waals surface area (Å²) in [6.45, 7) is 0.0276. The quantitative estimate of drug-likeness (QED) is 0.631. The van der Waals surface area contributed by atoms with E-state index in [1.54, 1.807) is 12.1 Å². The third kappa shape index (κ3) is 4.10. The van der Waals surface area contributed by atoms with Crippen LogP contribution in [0.1, 0.15) is 11.5 Å². The lowest BCUT2D eigenvalue weighted by Crippen LogP contribution is -2.06. The minimum Gasteiger partial charge on any atom is -0.323 e. The molecule has 0 aliphatic carbocycles. The van der Waals surface area contributed by atoms with Crippen LogP contribution < -0.4 is 0 Å². The summed E-state index contributed by atoms with van der Waals surface area (Å²) in [6.07, 6.45) is 2.53. The number of hydrogen-bond acceptors (Lipinski definition) is 5. The molecule has 0 bridgehead atoms. The summed E-state index contributed by atoms with van der Waals surface area (Å²) >= 11 is 7.17. The summed E-state index contributed by atoms with van der Waals surface area (Å²) in [5.41, 5.74) is -0.507. The first kappa shape index (κ1) is 17.7. The Labute approximate surface area is 150 Å². The summed E-state index contributed by atoms with van der Waals surface area (Å²) in [7, 11) is 0. The molecule has 0 unspecified atom stereocenters. The standard InChI is InChI=1S/C15H11ClF3N5S/c1-25-13-3-2-9(4-22-13)14-23-11(15(17,18)19)7-24(14)8-12-20-5-10(16)6-21-12/h2-7H,8H2,1H3. The monoisotopic (exact) mass is 385 g/mol. The van der Waals surface area contributed by atoms with Crippen LogP contribution >= 0.6 is 23.4 Å². The number of alkyl halides is 3. The van der Waals surface area contributed by atoms with Crippen molar-refractivity contribution in [3.05, 3.63) is 53.5 Å². The third-order valence-corrected chi connectivity index (χ3v) is 4.11. The molecule has 0 atom stereocenters. The van der Waals surface area contributed by atoms with Gasteiger partial charge in [-0.1, -0.05) is 11.6 Å². The minimum atomic E-state index is -4.55. The van der Waals surface area contributed by atoms with Gasteiger partial charge in [0.25, 0.3) is 0 Å². The topological polar surface area (TPSA) is 56.5 Å². The zero-order valence-corrected chi connectivity index (χ0v) is 14.4. The van der Waals surface area contributed by atoms with Gasteiger partial charge in [0, 0.05) is 30.4 Å². The van der Waals surface area contributed by atoms with Gasteiger partial charge in [0.1, 0.15) is 11.6 Å². The summed E-state index contributed by atoms with van der Waals surface area (Å²) in [5, 5.41) is 1.11. The number of hydrogen-bond donors (Lipinski definition) is 0. The fourth-order valence-corrected chi connectivity index (χ4v) is 2.57. The zero-order chi connectivity index (χ0) is 18.0. The highest BCUT2D eigenvalue weighted by Crippen LogP contribution is 2.31. The maximum Gasteiger partial charge on any atom is 0.434 e. The predicted octanol–water partition coefficient (Wildman–Crippen LogP) is 4.18. The average Bonchev–Trinajstić information content (AvgIpc) is 3.01. The van der Waals surface area contributed by atoms with Gasteiger partial charge in [0.05, 0.1) is 16.6 Å². The molecule has 0 aliphatic heterocycles. The molecule has 3 aromatic rings. The predicted molar refractivity (Wildman–Crippen MR) is 88.4 cm³/mol. The van der Waals surface area contributed by atoms with Crippen molar-refractivity contribution >= 4 is 23.4 Å².